The maximum Gasteiger partial charge on any atom is 0.412 e. The molecule has 9 nitrogen and oxygen atoms in total. The van der Waals surface area contributed by atoms with E-state index >= 15 is 0 Å². The van der Waals surface area contributed by atoms with Gasteiger partial charge in [-0.2, -0.15) is 4.98 Å². The van der Waals surface area contributed by atoms with Crippen LogP contribution in [0.4, 0.5) is 10.6 Å². The highest BCUT2D eigenvalue weighted by atomic mass is 127. The van der Waals surface area contributed by atoms with Gasteiger partial charge in [0, 0.05) is 6.20 Å². The molecule has 0 unspecified atom stereocenters. The lowest BCUT2D eigenvalue weighted by molar-refractivity contribution is -0.0311. The van der Waals surface area contributed by atoms with Crippen molar-refractivity contribution in [2.75, 3.05) is 11.9 Å². The molecule has 1 N–H and O–H groups in total. The number of anilines is 1. The molecule has 1 aromatic rings. The first kappa shape index (κ1) is 34.4. The SMILES string of the molecule is CC(C)CCOC(=O)Nc1nc(=O)n([C@@H]2O[C@H](C)[C@@H](O[Si](C)(C)C(C)(C)C)[C@H]2O[Si](C)(C)C(C)(C)C)cc1I. The molecule has 1 fully saturated rings. The predicted molar refractivity (Wildman–Crippen MR) is 169 cm³/mol. The van der Waals surface area contributed by atoms with E-state index in [9.17, 15) is 9.59 Å². The van der Waals surface area contributed by atoms with Gasteiger partial charge in [-0.05, 0) is 78.1 Å². The fraction of sp³-hybridized carbons (Fsp3) is 0.815. The minimum absolute atomic E-state index is 0.00278. The number of carbonyl (C=O) groups excluding carboxylic acids is 1. The molecule has 1 aliphatic rings. The van der Waals surface area contributed by atoms with Crippen molar-refractivity contribution in [1.82, 2.24) is 9.55 Å². The molecule has 1 aliphatic heterocycles. The lowest BCUT2D eigenvalue weighted by atomic mass is 10.1. The van der Waals surface area contributed by atoms with Gasteiger partial charge in [0.1, 0.15) is 12.2 Å². The fourth-order valence-electron chi connectivity index (χ4n) is 3.59. The molecule has 1 saturated heterocycles. The van der Waals surface area contributed by atoms with Crippen molar-refractivity contribution < 1.29 is 23.1 Å². The van der Waals surface area contributed by atoms with Gasteiger partial charge < -0.3 is 18.3 Å². The molecule has 224 valence electrons. The number of hydrogen-bond donors (Lipinski definition) is 1. The monoisotopic (exact) mass is 695 g/mol. The van der Waals surface area contributed by atoms with Crippen LogP contribution in [0.3, 0.4) is 0 Å². The molecule has 2 heterocycles. The normalized spacial score (nSPS) is 22.8. The zero-order valence-corrected chi connectivity index (χ0v) is 30.3. The van der Waals surface area contributed by atoms with E-state index in [0.717, 1.165) is 6.42 Å². The highest BCUT2D eigenvalue weighted by Gasteiger charge is 2.53. The van der Waals surface area contributed by atoms with Crippen LogP contribution in [0.15, 0.2) is 11.0 Å². The summed E-state index contributed by atoms with van der Waals surface area (Å²) < 4.78 is 27.6. The quantitative estimate of drug-likeness (QED) is 0.217. The van der Waals surface area contributed by atoms with Crippen LogP contribution in [0, 0.1) is 9.49 Å². The lowest BCUT2D eigenvalue weighted by Gasteiger charge is -2.44. The van der Waals surface area contributed by atoms with Crippen LogP contribution in [0.2, 0.25) is 36.3 Å². The second-order valence-corrected chi connectivity index (χ2v) is 24.7. The first-order chi connectivity index (χ1) is 17.6. The van der Waals surface area contributed by atoms with Gasteiger partial charge in [0.25, 0.3) is 0 Å². The molecule has 0 aromatic carbocycles. The van der Waals surface area contributed by atoms with E-state index in [0.29, 0.717) is 16.1 Å². The number of halogens is 1. The molecule has 0 aliphatic carbocycles. The molecule has 12 heteroatoms. The van der Waals surface area contributed by atoms with Crippen molar-refractivity contribution in [2.24, 2.45) is 5.92 Å². The molecule has 39 heavy (non-hydrogen) atoms. The predicted octanol–water partition coefficient (Wildman–Crippen LogP) is 7.14. The molecule has 0 bridgehead atoms. The molecule has 0 radical (unpaired) electrons. The van der Waals surface area contributed by atoms with Crippen LogP contribution >= 0.6 is 22.6 Å². The summed E-state index contributed by atoms with van der Waals surface area (Å²) in [6.45, 7) is 28.4. The van der Waals surface area contributed by atoms with Gasteiger partial charge in [-0.25, -0.2) is 9.59 Å². The van der Waals surface area contributed by atoms with E-state index in [1.165, 1.54) is 4.57 Å². The fourth-order valence-corrected chi connectivity index (χ4v) is 6.79. The molecule has 0 saturated carbocycles. The van der Waals surface area contributed by atoms with Crippen molar-refractivity contribution in [1.29, 1.82) is 0 Å². The number of carbonyl (C=O) groups is 1. The summed E-state index contributed by atoms with van der Waals surface area (Å²) in [7, 11) is -4.46. The molecular weight excluding hydrogens is 645 g/mol. The average Bonchev–Trinajstić information content (AvgIpc) is 3.02. The Hall–Kier alpha value is -0.806. The van der Waals surface area contributed by atoms with Crippen LogP contribution in [0.1, 0.15) is 75.0 Å². The number of aromatic nitrogens is 2. The van der Waals surface area contributed by atoms with Crippen LogP contribution in [-0.4, -0.2) is 57.2 Å². The summed E-state index contributed by atoms with van der Waals surface area (Å²) in [5.41, 5.74) is -0.540. The second-order valence-electron chi connectivity index (χ2n) is 14.0. The maximum atomic E-state index is 13.3. The highest BCUT2D eigenvalue weighted by molar-refractivity contribution is 14.1. The Morgan fingerprint density at radius 1 is 1.08 bits per heavy atom. The summed E-state index contributed by atoms with van der Waals surface area (Å²) in [6.07, 6.45) is -0.0703. The minimum Gasteiger partial charge on any atom is -0.449 e. The van der Waals surface area contributed by atoms with Gasteiger partial charge in [0.05, 0.1) is 16.3 Å². The molecule has 0 spiro atoms. The van der Waals surface area contributed by atoms with Crippen molar-refractivity contribution in [2.45, 2.75) is 130 Å². The molecule has 1 amide bonds. The number of amides is 1. The second kappa shape index (κ2) is 12.6. The summed E-state index contributed by atoms with van der Waals surface area (Å²) in [5, 5.41) is 2.55. The standard InChI is InChI=1S/C27H50IN3O6Si2/c1-17(2)14-15-34-25(33)30-22-19(28)16-31(24(32)29-22)23-21(37-39(12,13)27(7,8)9)20(18(3)35-23)36-38(10,11)26(4,5)6/h16-18,20-21,23H,14-15H2,1-13H3,(H,29,30,32,33)/t18-,20-,21-,23-/m1/s1. The van der Waals surface area contributed by atoms with Crippen LogP contribution in [-0.2, 0) is 18.3 Å². The average molecular weight is 696 g/mol. The zero-order valence-electron chi connectivity index (χ0n) is 26.1. The number of nitrogens with one attached hydrogen (secondary N) is 1. The summed E-state index contributed by atoms with van der Waals surface area (Å²) >= 11 is 2.06. The number of ether oxygens (including phenoxy) is 2. The van der Waals surface area contributed by atoms with E-state index in [1.54, 1.807) is 6.20 Å². The first-order valence-corrected chi connectivity index (χ1v) is 20.7. The third-order valence-electron chi connectivity index (χ3n) is 8.23. The number of hydrogen-bond acceptors (Lipinski definition) is 7. The maximum absolute atomic E-state index is 13.3. The van der Waals surface area contributed by atoms with Crippen LogP contribution in [0.5, 0.6) is 0 Å². The van der Waals surface area contributed by atoms with Gasteiger partial charge in [-0.1, -0.05) is 55.4 Å². The Kier molecular flexibility index (Phi) is 11.1. The van der Waals surface area contributed by atoms with E-state index < -0.39 is 40.7 Å². The Balaban J connectivity index is 2.44. The van der Waals surface area contributed by atoms with Gasteiger partial charge >= 0.3 is 11.8 Å². The molecular formula is C27H50IN3O6Si2. The lowest BCUT2D eigenvalue weighted by Crippen LogP contribution is -2.53. The van der Waals surface area contributed by atoms with Crippen molar-refractivity contribution in [3.05, 3.63) is 20.3 Å². The zero-order chi connectivity index (χ0) is 30.1. The van der Waals surface area contributed by atoms with E-state index in [4.69, 9.17) is 18.3 Å². The van der Waals surface area contributed by atoms with Gasteiger partial charge in [-0.3, -0.25) is 9.88 Å². The van der Waals surface area contributed by atoms with E-state index in [1.807, 2.05) is 6.92 Å². The third kappa shape index (κ3) is 8.60. The van der Waals surface area contributed by atoms with Crippen molar-refractivity contribution >= 4 is 51.1 Å². The van der Waals surface area contributed by atoms with Gasteiger partial charge in [0.2, 0.25) is 0 Å². The Morgan fingerprint density at radius 2 is 1.59 bits per heavy atom. The van der Waals surface area contributed by atoms with E-state index in [2.05, 4.69) is 114 Å². The highest BCUT2D eigenvalue weighted by Crippen LogP contribution is 2.45. The third-order valence-corrected chi connectivity index (χ3v) is 18.0. The molecule has 1 aromatic heterocycles. The minimum atomic E-state index is -2.28. The topological polar surface area (TPSA) is 101 Å². The first-order valence-electron chi connectivity index (χ1n) is 13.8. The van der Waals surface area contributed by atoms with Crippen molar-refractivity contribution in [3.8, 4) is 0 Å². The molecule has 4 atom stereocenters. The Labute approximate surface area is 250 Å². The largest absolute Gasteiger partial charge is 0.449 e. The summed E-state index contributed by atoms with van der Waals surface area (Å²) in [6, 6.07) is 0. The Morgan fingerprint density at radius 3 is 2.08 bits per heavy atom. The van der Waals surface area contributed by atoms with Gasteiger partial charge in [-0.15, -0.1) is 0 Å². The summed E-state index contributed by atoms with van der Waals surface area (Å²) in [4.78, 5) is 29.8. The van der Waals surface area contributed by atoms with Crippen molar-refractivity contribution in [3.63, 3.8) is 0 Å². The molecule has 2 rings (SSSR count). The number of nitrogens with zero attached hydrogens (tertiary/aromatic N) is 2. The van der Waals surface area contributed by atoms with Gasteiger partial charge in [0.15, 0.2) is 28.7 Å². The smallest absolute Gasteiger partial charge is 0.412 e. The van der Waals surface area contributed by atoms with E-state index in [-0.39, 0.29) is 28.1 Å². The summed E-state index contributed by atoms with van der Waals surface area (Å²) in [5.74, 6) is 0.577. The van der Waals surface area contributed by atoms with Crippen LogP contribution < -0.4 is 11.0 Å². The number of rotatable bonds is 9. The van der Waals surface area contributed by atoms with Crippen LogP contribution in [0.25, 0.3) is 0 Å². The Bertz CT molecular complexity index is 1070.